The van der Waals surface area contributed by atoms with Crippen LogP contribution in [0.3, 0.4) is 0 Å². The van der Waals surface area contributed by atoms with Gasteiger partial charge in [-0.3, -0.25) is 24.2 Å². The Labute approximate surface area is 284 Å². The number of phenolic OH excluding ortho intramolecular Hbond substituents is 2. The first-order valence-electron chi connectivity index (χ1n) is 17.7. The van der Waals surface area contributed by atoms with Crippen LogP contribution in [0.5, 0.6) is 17.2 Å². The van der Waals surface area contributed by atoms with Crippen molar-refractivity contribution in [1.82, 2.24) is 9.80 Å². The van der Waals surface area contributed by atoms with E-state index in [1.165, 1.54) is 7.11 Å². The van der Waals surface area contributed by atoms with Gasteiger partial charge in [-0.2, -0.15) is 0 Å². The highest BCUT2D eigenvalue weighted by Gasteiger charge is 2.81. The number of para-hydroxylation sites is 1. The van der Waals surface area contributed by atoms with Gasteiger partial charge in [-0.1, -0.05) is 31.2 Å². The molecular weight excluding hydrogens is 624 g/mol. The van der Waals surface area contributed by atoms with Crippen molar-refractivity contribution >= 4 is 29.2 Å². The number of hydrogen-bond donors (Lipinski definition) is 2. The molecule has 2 amide bonds. The summed E-state index contributed by atoms with van der Waals surface area (Å²) in [5.74, 6) is -0.322. The molecule has 7 aliphatic heterocycles. The van der Waals surface area contributed by atoms with E-state index in [0.29, 0.717) is 55.7 Å². The number of amides is 2. The van der Waals surface area contributed by atoms with E-state index in [1.54, 1.807) is 21.9 Å². The van der Waals surface area contributed by atoms with Crippen LogP contribution in [0, 0.1) is 5.41 Å². The minimum atomic E-state index is -1.00. The fraction of sp³-hybridized carbons (Fsp3) is 0.500. The molecule has 0 unspecified atom stereocenters. The number of rotatable bonds is 3. The van der Waals surface area contributed by atoms with Crippen molar-refractivity contribution < 1.29 is 34.1 Å². The minimum Gasteiger partial charge on any atom is -0.506 e. The Morgan fingerprint density at radius 1 is 1.04 bits per heavy atom. The first-order valence-corrected chi connectivity index (χ1v) is 17.7. The van der Waals surface area contributed by atoms with E-state index in [-0.39, 0.29) is 47.9 Å². The summed E-state index contributed by atoms with van der Waals surface area (Å²) in [6.07, 6.45) is 8.58. The molecule has 0 bridgehead atoms. The third-order valence-corrected chi connectivity index (χ3v) is 13.5. The molecule has 0 aromatic heterocycles. The Morgan fingerprint density at radius 2 is 1.88 bits per heavy atom. The summed E-state index contributed by atoms with van der Waals surface area (Å²) in [7, 11) is 3.55. The molecular formula is C38H40N4O7. The molecule has 8 aliphatic rings. The summed E-state index contributed by atoms with van der Waals surface area (Å²) in [4.78, 5) is 49.5. The second-order valence-electron chi connectivity index (χ2n) is 15.2. The Balaban J connectivity index is 1.34. The molecule has 254 valence electrons. The average molecular weight is 665 g/mol. The van der Waals surface area contributed by atoms with E-state index in [0.717, 1.165) is 41.9 Å². The van der Waals surface area contributed by atoms with E-state index in [9.17, 15) is 24.6 Å². The Bertz CT molecular complexity index is 2010. The lowest BCUT2D eigenvalue weighted by molar-refractivity contribution is -0.207. The van der Waals surface area contributed by atoms with Crippen molar-refractivity contribution in [2.24, 2.45) is 5.41 Å². The molecule has 3 fully saturated rings. The number of hydrogen-bond acceptors (Lipinski definition) is 9. The number of carbonyl (C=O) groups is 3. The number of allylic oxidation sites excluding steroid dienone is 2. The van der Waals surface area contributed by atoms with Crippen molar-refractivity contribution in [3.8, 4) is 17.2 Å². The molecule has 0 saturated carbocycles. The van der Waals surface area contributed by atoms with Crippen LogP contribution in [0.4, 0.5) is 11.4 Å². The zero-order valence-corrected chi connectivity index (χ0v) is 28.0. The van der Waals surface area contributed by atoms with Gasteiger partial charge in [-0.05, 0) is 55.4 Å². The van der Waals surface area contributed by atoms with E-state index in [4.69, 9.17) is 9.47 Å². The molecule has 11 heteroatoms. The Morgan fingerprint density at radius 3 is 2.67 bits per heavy atom. The van der Waals surface area contributed by atoms with Gasteiger partial charge in [0, 0.05) is 50.8 Å². The van der Waals surface area contributed by atoms with Gasteiger partial charge < -0.3 is 29.5 Å². The molecule has 2 aromatic rings. The number of benzene rings is 2. The van der Waals surface area contributed by atoms with Crippen molar-refractivity contribution in [2.75, 3.05) is 43.6 Å². The lowest BCUT2D eigenvalue weighted by Crippen LogP contribution is -2.71. The van der Waals surface area contributed by atoms with E-state index in [1.807, 2.05) is 20.0 Å². The fourth-order valence-corrected chi connectivity index (χ4v) is 11.9. The van der Waals surface area contributed by atoms with Crippen molar-refractivity contribution in [3.63, 3.8) is 0 Å². The largest absolute Gasteiger partial charge is 0.506 e. The second-order valence-corrected chi connectivity index (χ2v) is 15.2. The van der Waals surface area contributed by atoms with Crippen LogP contribution in [-0.2, 0) is 30.0 Å². The highest BCUT2D eigenvalue weighted by molar-refractivity contribution is 6.06. The molecule has 10 rings (SSSR count). The molecule has 2 N–H and O–H groups in total. The molecule has 1 aliphatic carbocycles. The van der Waals surface area contributed by atoms with Crippen LogP contribution in [0.15, 0.2) is 47.8 Å². The number of piperidine rings is 1. The van der Waals surface area contributed by atoms with Gasteiger partial charge in [0.15, 0.2) is 17.2 Å². The zero-order chi connectivity index (χ0) is 33.8. The number of nitrogens with zero attached hydrogens (tertiary/aromatic N) is 4. The number of methoxy groups -OCH3 is 1. The number of phenols is 2. The van der Waals surface area contributed by atoms with Gasteiger partial charge in [0.2, 0.25) is 11.8 Å². The third-order valence-electron chi connectivity index (χ3n) is 13.5. The van der Waals surface area contributed by atoms with Gasteiger partial charge >= 0.3 is 5.97 Å². The van der Waals surface area contributed by atoms with E-state index < -0.39 is 28.0 Å². The number of carbonyl (C=O) groups excluding carboxylic acids is 3. The van der Waals surface area contributed by atoms with Gasteiger partial charge in [0.05, 0.1) is 52.9 Å². The maximum atomic E-state index is 14.1. The van der Waals surface area contributed by atoms with Gasteiger partial charge in [0.1, 0.15) is 5.75 Å². The quantitative estimate of drug-likeness (QED) is 0.368. The number of anilines is 2. The predicted octanol–water partition coefficient (Wildman–Crippen LogP) is 4.14. The molecule has 49 heavy (non-hydrogen) atoms. The maximum absolute atomic E-state index is 14.1. The fourth-order valence-electron chi connectivity index (χ4n) is 11.9. The van der Waals surface area contributed by atoms with Crippen LogP contribution >= 0.6 is 0 Å². The highest BCUT2D eigenvalue weighted by atomic mass is 16.6. The standard InChI is InChI=1S/C38H40N4O7/c1-4-27(44)41-26-11-13-35-12-6-16-40-18-15-37(26,38(35,40)49-29(46)20-35)22-19-23(32(47)33(48-3)31(22)41)36-14-17-39(2)24-9-10-28(45)42(34(24)36)30-21(36)7-5-8-25(30)43/h5,7-8,11,13,19,26,43,47H,4,6,9-10,12,14-18,20H2,1-3H3/t26-,35+,36+,37+,38-/m0/s1. The SMILES string of the molecule is CCC(=O)N1c2c(cc([C@]34CCN(C)C5=C3N(C(=O)CC5)c3c(O)cccc34)c(O)c2OC)[C@]23CCN4CCC[C@@]5(C=C[C@H]12)CC(=O)O[C@@]453. The Hall–Kier alpha value is -4.51. The highest BCUT2D eigenvalue weighted by Crippen LogP contribution is 2.74. The molecule has 2 spiro atoms. The first-order chi connectivity index (χ1) is 23.6. The van der Waals surface area contributed by atoms with Crippen molar-refractivity contribution in [3.05, 3.63) is 64.5 Å². The summed E-state index contributed by atoms with van der Waals surface area (Å²) >= 11 is 0. The molecule has 3 saturated heterocycles. The molecule has 2 aromatic carbocycles. The normalized spacial score (nSPS) is 34.8. The second kappa shape index (κ2) is 9.18. The Kier molecular flexibility index (Phi) is 5.51. The van der Waals surface area contributed by atoms with Crippen LogP contribution in [0.25, 0.3) is 0 Å². The summed E-state index contributed by atoms with van der Waals surface area (Å²) in [6.45, 7) is 3.97. The molecule has 0 radical (unpaired) electrons. The van der Waals surface area contributed by atoms with Crippen molar-refractivity contribution in [2.45, 2.75) is 80.9 Å². The van der Waals surface area contributed by atoms with Gasteiger partial charge in [0.25, 0.3) is 0 Å². The number of esters is 1. The molecule has 5 atom stereocenters. The predicted molar refractivity (Wildman–Crippen MR) is 178 cm³/mol. The molecule has 11 nitrogen and oxygen atoms in total. The first kappa shape index (κ1) is 29.4. The van der Waals surface area contributed by atoms with Gasteiger partial charge in [-0.25, -0.2) is 0 Å². The van der Waals surface area contributed by atoms with Crippen LogP contribution in [0.2, 0.25) is 0 Å². The van der Waals surface area contributed by atoms with E-state index >= 15 is 0 Å². The topological polar surface area (TPSA) is 123 Å². The third kappa shape index (κ3) is 2.94. The molecule has 7 heterocycles. The lowest BCUT2D eigenvalue weighted by Gasteiger charge is -2.59. The smallest absolute Gasteiger partial charge is 0.308 e. The maximum Gasteiger partial charge on any atom is 0.308 e. The number of fused-ring (bicyclic) bond motifs is 4. The number of ether oxygens (including phenoxy) is 2. The van der Waals surface area contributed by atoms with Gasteiger partial charge in [-0.15, -0.1) is 0 Å². The summed E-state index contributed by atoms with van der Waals surface area (Å²) in [5.41, 5.74) is 1.51. The van der Waals surface area contributed by atoms with Crippen molar-refractivity contribution in [1.29, 1.82) is 0 Å². The average Bonchev–Trinajstić information content (AvgIpc) is 3.78. The lowest BCUT2D eigenvalue weighted by atomic mass is 9.53. The van der Waals surface area contributed by atoms with Crippen LogP contribution in [0.1, 0.15) is 75.0 Å². The van der Waals surface area contributed by atoms with Crippen LogP contribution < -0.4 is 14.5 Å². The minimum absolute atomic E-state index is 0.00890. The monoisotopic (exact) mass is 664 g/mol. The number of aromatic hydroxyl groups is 2. The summed E-state index contributed by atoms with van der Waals surface area (Å²) < 4.78 is 12.9. The summed E-state index contributed by atoms with van der Waals surface area (Å²) in [6, 6.07) is 6.95. The zero-order valence-electron chi connectivity index (χ0n) is 28.0. The summed E-state index contributed by atoms with van der Waals surface area (Å²) in [5, 5.41) is 23.9. The van der Waals surface area contributed by atoms with Crippen LogP contribution in [-0.4, -0.2) is 83.4 Å². The van der Waals surface area contributed by atoms with E-state index in [2.05, 4.69) is 28.0 Å².